The molecule has 8 heteroatoms. The summed E-state index contributed by atoms with van der Waals surface area (Å²) in [5.41, 5.74) is -0.226. The SMILES string of the molecule is CC(C)(C)OC(=O)N1CCC(NC(=O)c2cnc(Cl)cc2Cl)CC1. The van der Waals surface area contributed by atoms with E-state index >= 15 is 0 Å². The van der Waals surface area contributed by atoms with Crippen molar-refractivity contribution in [3.8, 4) is 0 Å². The second-order valence-corrected chi connectivity index (χ2v) is 7.50. The Balaban J connectivity index is 1.86. The first-order valence-corrected chi connectivity index (χ1v) is 8.51. The summed E-state index contributed by atoms with van der Waals surface area (Å²) >= 11 is 11.7. The molecular formula is C16H21Cl2N3O3. The van der Waals surface area contributed by atoms with Crippen LogP contribution in [0.2, 0.25) is 10.2 Å². The van der Waals surface area contributed by atoms with E-state index in [1.807, 2.05) is 20.8 Å². The van der Waals surface area contributed by atoms with Gasteiger partial charge in [-0.25, -0.2) is 9.78 Å². The number of nitrogens with one attached hydrogen (secondary N) is 1. The summed E-state index contributed by atoms with van der Waals surface area (Å²) in [4.78, 5) is 29.8. The molecule has 0 aliphatic carbocycles. The number of ether oxygens (including phenoxy) is 1. The van der Waals surface area contributed by atoms with Crippen molar-refractivity contribution in [3.05, 3.63) is 28.0 Å². The van der Waals surface area contributed by atoms with Crippen molar-refractivity contribution in [1.29, 1.82) is 0 Å². The molecule has 2 heterocycles. The maximum absolute atomic E-state index is 12.3. The zero-order chi connectivity index (χ0) is 17.9. The van der Waals surface area contributed by atoms with Crippen LogP contribution in [0.3, 0.4) is 0 Å². The summed E-state index contributed by atoms with van der Waals surface area (Å²) in [5.74, 6) is -0.292. The Hall–Kier alpha value is -1.53. The molecular weight excluding hydrogens is 353 g/mol. The minimum atomic E-state index is -0.513. The Morgan fingerprint density at radius 3 is 2.46 bits per heavy atom. The number of halogens is 2. The summed E-state index contributed by atoms with van der Waals surface area (Å²) in [6.07, 6.45) is 2.35. The van der Waals surface area contributed by atoms with Crippen molar-refractivity contribution < 1.29 is 14.3 Å². The standard InChI is InChI=1S/C16H21Cl2N3O3/c1-16(2,3)24-15(23)21-6-4-10(5-7-21)20-14(22)11-9-19-13(18)8-12(11)17/h8-10H,4-7H2,1-3H3,(H,20,22). The quantitative estimate of drug-likeness (QED) is 0.804. The third kappa shape index (κ3) is 5.24. The lowest BCUT2D eigenvalue weighted by molar-refractivity contribution is 0.0199. The molecule has 6 nitrogen and oxygen atoms in total. The topological polar surface area (TPSA) is 71.5 Å². The summed E-state index contributed by atoms with van der Waals surface area (Å²) in [6.45, 7) is 6.57. The normalized spacial score (nSPS) is 16.0. The molecule has 1 saturated heterocycles. The number of hydrogen-bond donors (Lipinski definition) is 1. The first kappa shape index (κ1) is 18.8. The van der Waals surface area contributed by atoms with E-state index in [1.165, 1.54) is 12.3 Å². The van der Waals surface area contributed by atoms with Gasteiger partial charge in [0.05, 0.1) is 10.6 Å². The van der Waals surface area contributed by atoms with Crippen LogP contribution in [0.25, 0.3) is 0 Å². The Labute approximate surface area is 151 Å². The molecule has 0 aromatic carbocycles. The Kier molecular flexibility index (Phi) is 5.93. The monoisotopic (exact) mass is 373 g/mol. The van der Waals surface area contributed by atoms with E-state index in [4.69, 9.17) is 27.9 Å². The predicted octanol–water partition coefficient (Wildman–Crippen LogP) is 3.52. The number of amides is 2. The van der Waals surface area contributed by atoms with E-state index < -0.39 is 5.60 Å². The van der Waals surface area contributed by atoms with Crippen LogP contribution in [0, 0.1) is 0 Å². The van der Waals surface area contributed by atoms with Gasteiger partial charge in [-0.05, 0) is 39.7 Å². The van der Waals surface area contributed by atoms with Crippen molar-refractivity contribution in [2.24, 2.45) is 0 Å². The van der Waals surface area contributed by atoms with Gasteiger partial charge in [0.1, 0.15) is 10.8 Å². The number of piperidine rings is 1. The Morgan fingerprint density at radius 2 is 1.92 bits per heavy atom. The molecule has 2 rings (SSSR count). The van der Waals surface area contributed by atoms with Gasteiger partial charge in [-0.15, -0.1) is 0 Å². The second kappa shape index (κ2) is 7.57. The van der Waals surface area contributed by atoms with Gasteiger partial charge in [0.2, 0.25) is 0 Å². The fourth-order valence-corrected chi connectivity index (χ4v) is 2.82. The number of carbonyl (C=O) groups excluding carboxylic acids is 2. The second-order valence-electron chi connectivity index (χ2n) is 6.70. The average Bonchev–Trinajstić information content (AvgIpc) is 2.45. The molecule has 0 spiro atoms. The molecule has 1 aliphatic rings. The summed E-state index contributed by atoms with van der Waals surface area (Å²) in [6, 6.07) is 1.41. The van der Waals surface area contributed by atoms with Crippen LogP contribution in [0.1, 0.15) is 44.0 Å². The van der Waals surface area contributed by atoms with E-state index in [9.17, 15) is 9.59 Å². The molecule has 2 amide bonds. The lowest BCUT2D eigenvalue weighted by atomic mass is 10.0. The summed E-state index contributed by atoms with van der Waals surface area (Å²) in [7, 11) is 0. The molecule has 1 aromatic rings. The largest absolute Gasteiger partial charge is 0.444 e. The minimum Gasteiger partial charge on any atom is -0.444 e. The predicted molar refractivity (Wildman–Crippen MR) is 92.6 cm³/mol. The highest BCUT2D eigenvalue weighted by atomic mass is 35.5. The number of carbonyl (C=O) groups is 2. The molecule has 132 valence electrons. The van der Waals surface area contributed by atoms with Crippen molar-refractivity contribution in [3.63, 3.8) is 0 Å². The van der Waals surface area contributed by atoms with Crippen molar-refractivity contribution >= 4 is 35.2 Å². The number of hydrogen-bond acceptors (Lipinski definition) is 4. The van der Waals surface area contributed by atoms with Gasteiger partial charge < -0.3 is 15.0 Å². The van der Waals surface area contributed by atoms with Crippen LogP contribution < -0.4 is 5.32 Å². The van der Waals surface area contributed by atoms with Crippen molar-refractivity contribution in [2.75, 3.05) is 13.1 Å². The molecule has 1 aliphatic heterocycles. The molecule has 24 heavy (non-hydrogen) atoms. The van der Waals surface area contributed by atoms with Crippen LogP contribution in [-0.4, -0.2) is 46.6 Å². The van der Waals surface area contributed by atoms with Crippen LogP contribution in [0.5, 0.6) is 0 Å². The highest BCUT2D eigenvalue weighted by molar-refractivity contribution is 6.36. The van der Waals surface area contributed by atoms with Crippen LogP contribution in [0.15, 0.2) is 12.3 Å². The Bertz CT molecular complexity index is 623. The molecule has 1 fully saturated rings. The molecule has 0 atom stereocenters. The number of pyridine rings is 1. The van der Waals surface area contributed by atoms with Crippen molar-refractivity contribution in [1.82, 2.24) is 15.2 Å². The van der Waals surface area contributed by atoms with Gasteiger partial charge in [0, 0.05) is 25.3 Å². The molecule has 1 aromatic heterocycles. The molecule has 1 N–H and O–H groups in total. The van der Waals surface area contributed by atoms with E-state index in [1.54, 1.807) is 4.90 Å². The third-order valence-corrected chi connectivity index (χ3v) is 4.07. The van der Waals surface area contributed by atoms with Gasteiger partial charge >= 0.3 is 6.09 Å². The van der Waals surface area contributed by atoms with Gasteiger partial charge in [-0.1, -0.05) is 23.2 Å². The third-order valence-electron chi connectivity index (χ3n) is 3.55. The fourth-order valence-electron chi connectivity index (χ4n) is 2.37. The Morgan fingerprint density at radius 1 is 1.29 bits per heavy atom. The molecule has 0 radical (unpaired) electrons. The van der Waals surface area contributed by atoms with E-state index in [-0.39, 0.29) is 33.8 Å². The zero-order valence-corrected chi connectivity index (χ0v) is 15.4. The lowest BCUT2D eigenvalue weighted by Crippen LogP contribution is -2.47. The first-order chi connectivity index (χ1) is 11.2. The first-order valence-electron chi connectivity index (χ1n) is 7.75. The average molecular weight is 374 g/mol. The van der Waals surface area contributed by atoms with Gasteiger partial charge in [0.15, 0.2) is 0 Å². The number of rotatable bonds is 2. The van der Waals surface area contributed by atoms with Crippen LogP contribution >= 0.6 is 23.2 Å². The van der Waals surface area contributed by atoms with Gasteiger partial charge in [-0.3, -0.25) is 4.79 Å². The maximum atomic E-state index is 12.3. The molecule has 0 bridgehead atoms. The van der Waals surface area contributed by atoms with E-state index in [2.05, 4.69) is 10.3 Å². The summed E-state index contributed by atoms with van der Waals surface area (Å²) in [5, 5.41) is 3.42. The summed E-state index contributed by atoms with van der Waals surface area (Å²) < 4.78 is 5.35. The van der Waals surface area contributed by atoms with E-state index in [0.717, 1.165) is 0 Å². The smallest absolute Gasteiger partial charge is 0.410 e. The number of nitrogens with zero attached hydrogens (tertiary/aromatic N) is 2. The van der Waals surface area contributed by atoms with Crippen molar-refractivity contribution in [2.45, 2.75) is 45.3 Å². The van der Waals surface area contributed by atoms with Crippen LogP contribution in [0.4, 0.5) is 4.79 Å². The number of likely N-dealkylation sites (tertiary alicyclic amines) is 1. The van der Waals surface area contributed by atoms with E-state index in [0.29, 0.717) is 25.9 Å². The lowest BCUT2D eigenvalue weighted by Gasteiger charge is -2.33. The molecule has 0 unspecified atom stereocenters. The van der Waals surface area contributed by atoms with Crippen LogP contribution in [-0.2, 0) is 4.74 Å². The van der Waals surface area contributed by atoms with Gasteiger partial charge in [0.25, 0.3) is 5.91 Å². The van der Waals surface area contributed by atoms with Gasteiger partial charge in [-0.2, -0.15) is 0 Å². The minimum absolute atomic E-state index is 0.0251. The number of aromatic nitrogens is 1. The zero-order valence-electron chi connectivity index (χ0n) is 13.9. The highest BCUT2D eigenvalue weighted by Crippen LogP contribution is 2.20. The fraction of sp³-hybridized carbons (Fsp3) is 0.562. The molecule has 0 saturated carbocycles. The highest BCUT2D eigenvalue weighted by Gasteiger charge is 2.28. The maximum Gasteiger partial charge on any atom is 0.410 e.